The number of hydrogen-bond acceptors (Lipinski definition) is 7. The fraction of sp³-hybridized carbons (Fsp3) is 0.457. The van der Waals surface area contributed by atoms with Crippen LogP contribution in [0.3, 0.4) is 0 Å². The average Bonchev–Trinajstić information content (AvgIpc) is 3.06. The van der Waals surface area contributed by atoms with Gasteiger partial charge in [0.05, 0.1) is 39.6 Å². The van der Waals surface area contributed by atoms with Crippen LogP contribution in [0.25, 0.3) is 0 Å². The van der Waals surface area contributed by atoms with E-state index in [1.165, 1.54) is 5.56 Å². The number of rotatable bonds is 17. The minimum atomic E-state index is 0.0247. The van der Waals surface area contributed by atoms with E-state index in [9.17, 15) is 4.79 Å². The maximum absolute atomic E-state index is 12.7. The van der Waals surface area contributed by atoms with Crippen LogP contribution >= 0.6 is 0 Å². The van der Waals surface area contributed by atoms with E-state index in [1.807, 2.05) is 67.7 Å². The summed E-state index contributed by atoms with van der Waals surface area (Å²) in [7, 11) is 5.16. The lowest BCUT2D eigenvalue weighted by atomic mass is 9.87. The van der Waals surface area contributed by atoms with E-state index in [2.05, 4.69) is 17.4 Å². The van der Waals surface area contributed by atoms with Crippen LogP contribution in [0.5, 0.6) is 11.5 Å². The quantitative estimate of drug-likeness (QED) is 0.201. The maximum Gasteiger partial charge on any atom is 0.226 e. The Labute approximate surface area is 256 Å². The van der Waals surface area contributed by atoms with Gasteiger partial charge in [0.2, 0.25) is 5.91 Å². The van der Waals surface area contributed by atoms with Gasteiger partial charge in [0, 0.05) is 62.9 Å². The number of anilines is 1. The van der Waals surface area contributed by atoms with Crippen molar-refractivity contribution in [3.05, 3.63) is 89.5 Å². The number of nitrogens with one attached hydrogen (secondary N) is 1. The topological polar surface area (TPSA) is 78.5 Å². The Kier molecular flexibility index (Phi) is 13.3. The third-order valence-corrected chi connectivity index (χ3v) is 7.81. The second-order valence-electron chi connectivity index (χ2n) is 10.8. The molecule has 0 aromatic heterocycles. The number of nitrogens with zero attached hydrogens (tertiary/aromatic N) is 1. The van der Waals surface area contributed by atoms with Crippen LogP contribution in [-0.2, 0) is 32.2 Å². The van der Waals surface area contributed by atoms with E-state index in [4.69, 9.17) is 23.7 Å². The first kappa shape index (κ1) is 32.5. The van der Waals surface area contributed by atoms with E-state index in [0.29, 0.717) is 45.9 Å². The monoisotopic (exact) mass is 590 g/mol. The van der Waals surface area contributed by atoms with Crippen LogP contribution in [0.2, 0.25) is 0 Å². The molecular formula is C35H46N2O6. The van der Waals surface area contributed by atoms with Gasteiger partial charge in [0.25, 0.3) is 0 Å². The minimum absolute atomic E-state index is 0.0247. The highest BCUT2D eigenvalue weighted by atomic mass is 16.5. The standard InChI is InChI=1S/C35H46N2O6/c1-37(35(38)14-8-21-39-2)32-12-6-4-10-28(32)26-43-34-24-36-20-19-31(34)27-15-17-30(18-16-27)42-23-9-22-41-25-29-11-5-7-13-33(29)40-3/h4-7,10-13,15-18,31,34,36H,8-9,14,19-26H2,1-3H3. The molecule has 0 bridgehead atoms. The first-order valence-corrected chi connectivity index (χ1v) is 15.2. The van der Waals surface area contributed by atoms with E-state index in [1.54, 1.807) is 19.1 Å². The van der Waals surface area contributed by atoms with Gasteiger partial charge in [-0.2, -0.15) is 0 Å². The lowest BCUT2D eigenvalue weighted by Gasteiger charge is -2.33. The van der Waals surface area contributed by atoms with Gasteiger partial charge < -0.3 is 33.9 Å². The van der Waals surface area contributed by atoms with Crippen molar-refractivity contribution < 1.29 is 28.5 Å². The number of amides is 1. The highest BCUT2D eigenvalue weighted by Crippen LogP contribution is 2.31. The fourth-order valence-electron chi connectivity index (χ4n) is 5.38. The van der Waals surface area contributed by atoms with Gasteiger partial charge in [0.1, 0.15) is 11.5 Å². The molecule has 2 atom stereocenters. The van der Waals surface area contributed by atoms with E-state index in [-0.39, 0.29) is 17.9 Å². The summed E-state index contributed by atoms with van der Waals surface area (Å²) in [6.07, 6.45) is 2.98. The molecule has 3 aromatic carbocycles. The number of carbonyl (C=O) groups excluding carboxylic acids is 1. The molecule has 4 rings (SSSR count). The zero-order chi connectivity index (χ0) is 30.3. The molecule has 0 spiro atoms. The fourth-order valence-corrected chi connectivity index (χ4v) is 5.38. The minimum Gasteiger partial charge on any atom is -0.496 e. The summed E-state index contributed by atoms with van der Waals surface area (Å²) in [5, 5.41) is 3.48. The second kappa shape index (κ2) is 17.6. The Morgan fingerprint density at radius 2 is 1.65 bits per heavy atom. The molecule has 1 heterocycles. The number of piperidine rings is 1. The lowest BCUT2D eigenvalue weighted by molar-refractivity contribution is -0.118. The number of para-hydroxylation sites is 2. The Morgan fingerprint density at radius 3 is 2.44 bits per heavy atom. The van der Waals surface area contributed by atoms with Crippen molar-refractivity contribution in [2.24, 2.45) is 0 Å². The molecule has 1 amide bonds. The normalized spacial score (nSPS) is 16.5. The third kappa shape index (κ3) is 9.79. The molecule has 8 heteroatoms. The van der Waals surface area contributed by atoms with E-state index < -0.39 is 0 Å². The van der Waals surface area contributed by atoms with Gasteiger partial charge >= 0.3 is 0 Å². The number of hydrogen-bond donors (Lipinski definition) is 1. The molecule has 3 aromatic rings. The van der Waals surface area contributed by atoms with E-state index in [0.717, 1.165) is 54.2 Å². The van der Waals surface area contributed by atoms with Crippen LogP contribution in [-0.4, -0.2) is 66.2 Å². The van der Waals surface area contributed by atoms with Crippen LogP contribution in [0.1, 0.15) is 48.3 Å². The molecule has 0 aliphatic carbocycles. The molecule has 1 aliphatic rings. The molecule has 43 heavy (non-hydrogen) atoms. The van der Waals surface area contributed by atoms with Gasteiger partial charge in [-0.05, 0) is 49.2 Å². The van der Waals surface area contributed by atoms with Crippen molar-refractivity contribution in [2.75, 3.05) is 59.1 Å². The van der Waals surface area contributed by atoms with Gasteiger partial charge in [0.15, 0.2) is 0 Å². The summed E-state index contributed by atoms with van der Waals surface area (Å²) in [6, 6.07) is 24.3. The first-order chi connectivity index (χ1) is 21.1. The van der Waals surface area contributed by atoms with Gasteiger partial charge in [-0.3, -0.25) is 4.79 Å². The summed E-state index contributed by atoms with van der Waals surface area (Å²) < 4.78 is 28.8. The summed E-state index contributed by atoms with van der Waals surface area (Å²) in [6.45, 7) is 4.48. The maximum atomic E-state index is 12.7. The molecular weight excluding hydrogens is 544 g/mol. The third-order valence-electron chi connectivity index (χ3n) is 7.81. The number of benzene rings is 3. The van der Waals surface area contributed by atoms with Crippen LogP contribution in [0.15, 0.2) is 72.8 Å². The number of ether oxygens (including phenoxy) is 5. The molecule has 232 valence electrons. The summed E-state index contributed by atoms with van der Waals surface area (Å²) in [4.78, 5) is 14.5. The van der Waals surface area contributed by atoms with Gasteiger partial charge in [-0.15, -0.1) is 0 Å². The average molecular weight is 591 g/mol. The van der Waals surface area contributed by atoms with Crippen LogP contribution in [0, 0.1) is 0 Å². The van der Waals surface area contributed by atoms with Crippen molar-refractivity contribution in [1.29, 1.82) is 0 Å². The van der Waals surface area contributed by atoms with Gasteiger partial charge in [-0.25, -0.2) is 0 Å². The lowest BCUT2D eigenvalue weighted by Crippen LogP contribution is -2.41. The highest BCUT2D eigenvalue weighted by Gasteiger charge is 2.27. The molecule has 1 aliphatic heterocycles. The molecule has 1 fully saturated rings. The van der Waals surface area contributed by atoms with Crippen molar-refractivity contribution in [1.82, 2.24) is 5.32 Å². The van der Waals surface area contributed by atoms with Crippen molar-refractivity contribution in [3.8, 4) is 11.5 Å². The predicted octanol–water partition coefficient (Wildman–Crippen LogP) is 5.73. The largest absolute Gasteiger partial charge is 0.496 e. The molecule has 0 radical (unpaired) electrons. The van der Waals surface area contributed by atoms with E-state index >= 15 is 0 Å². The second-order valence-corrected chi connectivity index (χ2v) is 10.8. The molecule has 1 N–H and O–H groups in total. The highest BCUT2D eigenvalue weighted by molar-refractivity contribution is 5.93. The summed E-state index contributed by atoms with van der Waals surface area (Å²) >= 11 is 0. The molecule has 8 nitrogen and oxygen atoms in total. The summed E-state index contributed by atoms with van der Waals surface area (Å²) in [5.74, 6) is 2.05. The van der Waals surface area contributed by atoms with Gasteiger partial charge in [-0.1, -0.05) is 48.5 Å². The molecule has 0 saturated carbocycles. The van der Waals surface area contributed by atoms with Crippen molar-refractivity contribution >= 4 is 11.6 Å². The van der Waals surface area contributed by atoms with Crippen molar-refractivity contribution in [3.63, 3.8) is 0 Å². The van der Waals surface area contributed by atoms with Crippen LogP contribution < -0.4 is 19.7 Å². The Bertz CT molecular complexity index is 1250. The Balaban J connectivity index is 1.25. The SMILES string of the molecule is COCCCC(=O)N(C)c1ccccc1COC1CNCCC1c1ccc(OCCCOCc2ccccc2OC)cc1. The number of carbonyl (C=O) groups is 1. The Hall–Kier alpha value is -3.43. The first-order valence-electron chi connectivity index (χ1n) is 15.2. The zero-order valence-electron chi connectivity index (χ0n) is 25.8. The van der Waals surface area contributed by atoms with Crippen LogP contribution in [0.4, 0.5) is 5.69 Å². The molecule has 2 unspecified atom stereocenters. The smallest absolute Gasteiger partial charge is 0.226 e. The van der Waals surface area contributed by atoms with Crippen molar-refractivity contribution in [2.45, 2.75) is 50.9 Å². The summed E-state index contributed by atoms with van der Waals surface area (Å²) in [5.41, 5.74) is 4.18. The predicted molar refractivity (Wildman–Crippen MR) is 169 cm³/mol. The number of methoxy groups -OCH3 is 2. The molecule has 1 saturated heterocycles. The zero-order valence-corrected chi connectivity index (χ0v) is 25.8. The Morgan fingerprint density at radius 1 is 0.884 bits per heavy atom.